The lowest BCUT2D eigenvalue weighted by atomic mass is 10.1. The van der Waals surface area contributed by atoms with E-state index in [1.807, 2.05) is 24.3 Å². The van der Waals surface area contributed by atoms with Gasteiger partial charge in [0.15, 0.2) is 0 Å². The summed E-state index contributed by atoms with van der Waals surface area (Å²) in [5.74, 6) is 0.587. The lowest BCUT2D eigenvalue weighted by Gasteiger charge is -1.97. The van der Waals surface area contributed by atoms with Crippen LogP contribution in [-0.2, 0) is 12.8 Å². The van der Waals surface area contributed by atoms with E-state index in [1.165, 1.54) is 5.56 Å². The van der Waals surface area contributed by atoms with Gasteiger partial charge in [-0.1, -0.05) is 36.4 Å². The van der Waals surface area contributed by atoms with E-state index in [4.69, 9.17) is 4.42 Å². The molecule has 2 heterocycles. The van der Waals surface area contributed by atoms with Crippen molar-refractivity contribution in [2.75, 3.05) is 0 Å². The molecule has 0 bridgehead atoms. The molecule has 0 aliphatic rings. The maximum absolute atomic E-state index is 5.47. The molecule has 3 aromatic rings. The standard InChI is InChI=1S/C16H14N2O/c1-2-6-13(7-3-1)9-10-14-12-19-16(18-14)15-8-4-5-11-17-15/h1-8,11-12H,9-10H2. The summed E-state index contributed by atoms with van der Waals surface area (Å²) in [6.45, 7) is 0. The molecule has 3 nitrogen and oxygen atoms in total. The number of rotatable bonds is 4. The Morgan fingerprint density at radius 2 is 1.74 bits per heavy atom. The number of benzene rings is 1. The van der Waals surface area contributed by atoms with E-state index in [0.717, 1.165) is 24.2 Å². The molecule has 19 heavy (non-hydrogen) atoms. The number of pyridine rings is 1. The molecule has 0 amide bonds. The van der Waals surface area contributed by atoms with Gasteiger partial charge in [0.25, 0.3) is 0 Å². The quantitative estimate of drug-likeness (QED) is 0.711. The third-order valence-electron chi connectivity index (χ3n) is 2.95. The van der Waals surface area contributed by atoms with Crippen LogP contribution in [0.4, 0.5) is 0 Å². The smallest absolute Gasteiger partial charge is 0.245 e. The number of aryl methyl sites for hydroxylation is 2. The fraction of sp³-hybridized carbons (Fsp3) is 0.125. The Hall–Kier alpha value is -2.42. The molecule has 0 fully saturated rings. The van der Waals surface area contributed by atoms with Crippen LogP contribution < -0.4 is 0 Å². The SMILES string of the molecule is c1ccc(CCc2coc(-c3ccccn3)n2)cc1. The summed E-state index contributed by atoms with van der Waals surface area (Å²) in [4.78, 5) is 8.69. The predicted octanol–water partition coefficient (Wildman–Crippen LogP) is 3.52. The molecule has 0 atom stereocenters. The molecule has 2 aromatic heterocycles. The monoisotopic (exact) mass is 250 g/mol. The Labute approximate surface area is 112 Å². The average molecular weight is 250 g/mol. The van der Waals surface area contributed by atoms with Crippen LogP contribution in [0.3, 0.4) is 0 Å². The Kier molecular flexibility index (Phi) is 3.36. The van der Waals surface area contributed by atoms with E-state index in [2.05, 4.69) is 34.2 Å². The van der Waals surface area contributed by atoms with Crippen molar-refractivity contribution in [3.63, 3.8) is 0 Å². The van der Waals surface area contributed by atoms with Crippen molar-refractivity contribution >= 4 is 0 Å². The predicted molar refractivity (Wildman–Crippen MR) is 73.6 cm³/mol. The second-order valence-corrected chi connectivity index (χ2v) is 4.34. The minimum atomic E-state index is 0.587. The van der Waals surface area contributed by atoms with Crippen LogP contribution in [0.1, 0.15) is 11.3 Å². The van der Waals surface area contributed by atoms with Gasteiger partial charge in [-0.25, -0.2) is 4.98 Å². The lowest BCUT2D eigenvalue weighted by molar-refractivity contribution is 0.570. The van der Waals surface area contributed by atoms with E-state index in [-0.39, 0.29) is 0 Å². The lowest BCUT2D eigenvalue weighted by Crippen LogP contribution is -1.91. The second-order valence-electron chi connectivity index (χ2n) is 4.34. The first-order valence-corrected chi connectivity index (χ1v) is 6.31. The molecule has 0 saturated heterocycles. The zero-order valence-corrected chi connectivity index (χ0v) is 10.5. The Bertz CT molecular complexity index is 632. The highest BCUT2D eigenvalue weighted by Crippen LogP contribution is 2.16. The van der Waals surface area contributed by atoms with Crippen molar-refractivity contribution in [2.45, 2.75) is 12.8 Å². The van der Waals surface area contributed by atoms with Gasteiger partial charge in [-0.3, -0.25) is 4.98 Å². The number of nitrogens with zero attached hydrogens (tertiary/aromatic N) is 2. The molecule has 0 radical (unpaired) electrons. The Morgan fingerprint density at radius 1 is 0.895 bits per heavy atom. The van der Waals surface area contributed by atoms with E-state index in [1.54, 1.807) is 12.5 Å². The third kappa shape index (κ3) is 2.88. The van der Waals surface area contributed by atoms with Gasteiger partial charge < -0.3 is 4.42 Å². The summed E-state index contributed by atoms with van der Waals surface area (Å²) in [6, 6.07) is 16.1. The Morgan fingerprint density at radius 3 is 2.53 bits per heavy atom. The fourth-order valence-corrected chi connectivity index (χ4v) is 1.95. The van der Waals surface area contributed by atoms with Crippen molar-refractivity contribution < 1.29 is 4.42 Å². The van der Waals surface area contributed by atoms with Crippen molar-refractivity contribution in [3.8, 4) is 11.6 Å². The number of hydrogen-bond acceptors (Lipinski definition) is 3. The zero-order valence-electron chi connectivity index (χ0n) is 10.5. The van der Waals surface area contributed by atoms with Gasteiger partial charge >= 0.3 is 0 Å². The molecule has 3 heteroatoms. The van der Waals surface area contributed by atoms with Crippen LogP contribution in [0.25, 0.3) is 11.6 Å². The average Bonchev–Trinajstić information content (AvgIpc) is 2.96. The molecule has 0 aliphatic carbocycles. The molecule has 0 saturated carbocycles. The fourth-order valence-electron chi connectivity index (χ4n) is 1.95. The summed E-state index contributed by atoms with van der Waals surface area (Å²) in [5, 5.41) is 0. The highest BCUT2D eigenvalue weighted by molar-refractivity contribution is 5.46. The van der Waals surface area contributed by atoms with Gasteiger partial charge in [0.2, 0.25) is 5.89 Å². The van der Waals surface area contributed by atoms with Gasteiger partial charge in [-0.2, -0.15) is 0 Å². The normalized spacial score (nSPS) is 10.5. The third-order valence-corrected chi connectivity index (χ3v) is 2.95. The summed E-state index contributed by atoms with van der Waals surface area (Å²) in [7, 11) is 0. The molecule has 0 unspecified atom stereocenters. The molecule has 0 spiro atoms. The van der Waals surface area contributed by atoms with Crippen LogP contribution >= 0.6 is 0 Å². The second kappa shape index (κ2) is 5.48. The minimum absolute atomic E-state index is 0.587. The van der Waals surface area contributed by atoms with E-state index < -0.39 is 0 Å². The number of aromatic nitrogens is 2. The first-order chi connectivity index (χ1) is 9.42. The molecule has 3 rings (SSSR count). The molecular weight excluding hydrogens is 236 g/mol. The first-order valence-electron chi connectivity index (χ1n) is 6.31. The van der Waals surface area contributed by atoms with Crippen LogP contribution in [0.5, 0.6) is 0 Å². The van der Waals surface area contributed by atoms with Crippen LogP contribution in [0, 0.1) is 0 Å². The molecule has 0 N–H and O–H groups in total. The van der Waals surface area contributed by atoms with Crippen molar-refractivity contribution in [1.29, 1.82) is 0 Å². The van der Waals surface area contributed by atoms with E-state index in [9.17, 15) is 0 Å². The van der Waals surface area contributed by atoms with Crippen molar-refractivity contribution in [1.82, 2.24) is 9.97 Å². The van der Waals surface area contributed by atoms with E-state index in [0.29, 0.717) is 5.89 Å². The molecule has 0 aliphatic heterocycles. The Balaban J connectivity index is 1.69. The zero-order chi connectivity index (χ0) is 12.9. The molecule has 1 aromatic carbocycles. The maximum atomic E-state index is 5.47. The summed E-state index contributed by atoms with van der Waals surface area (Å²) in [5.41, 5.74) is 3.04. The summed E-state index contributed by atoms with van der Waals surface area (Å²) in [6.07, 6.45) is 5.30. The molecular formula is C16H14N2O. The minimum Gasteiger partial charge on any atom is -0.443 e. The maximum Gasteiger partial charge on any atom is 0.245 e. The number of oxazole rings is 1. The highest BCUT2D eigenvalue weighted by atomic mass is 16.3. The van der Waals surface area contributed by atoms with Gasteiger partial charge in [-0.05, 0) is 30.5 Å². The van der Waals surface area contributed by atoms with Crippen LogP contribution in [0.15, 0.2) is 65.4 Å². The van der Waals surface area contributed by atoms with Gasteiger partial charge in [0.1, 0.15) is 12.0 Å². The van der Waals surface area contributed by atoms with Gasteiger partial charge in [0.05, 0.1) is 5.69 Å². The van der Waals surface area contributed by atoms with E-state index >= 15 is 0 Å². The first kappa shape index (κ1) is 11.7. The summed E-state index contributed by atoms with van der Waals surface area (Å²) < 4.78 is 5.47. The number of hydrogen-bond donors (Lipinski definition) is 0. The largest absolute Gasteiger partial charge is 0.443 e. The molecule has 94 valence electrons. The topological polar surface area (TPSA) is 38.9 Å². The van der Waals surface area contributed by atoms with Crippen molar-refractivity contribution in [2.24, 2.45) is 0 Å². The van der Waals surface area contributed by atoms with Crippen molar-refractivity contribution in [3.05, 3.63) is 72.2 Å². The van der Waals surface area contributed by atoms with Gasteiger partial charge in [-0.15, -0.1) is 0 Å². The van der Waals surface area contributed by atoms with Crippen LogP contribution in [0.2, 0.25) is 0 Å². The summed E-state index contributed by atoms with van der Waals surface area (Å²) >= 11 is 0. The van der Waals surface area contributed by atoms with Crippen LogP contribution in [-0.4, -0.2) is 9.97 Å². The highest BCUT2D eigenvalue weighted by Gasteiger charge is 2.07. The van der Waals surface area contributed by atoms with Gasteiger partial charge in [0, 0.05) is 6.20 Å².